The van der Waals surface area contributed by atoms with Crippen LogP contribution in [0.3, 0.4) is 0 Å². The van der Waals surface area contributed by atoms with Gasteiger partial charge in [0.1, 0.15) is 11.6 Å². The number of hydrogen-bond donors (Lipinski definition) is 0. The fourth-order valence-electron chi connectivity index (χ4n) is 12.1. The lowest BCUT2D eigenvalue weighted by atomic mass is 9.93. The molecular weight excluding hydrogens is 825 g/mol. The molecule has 2 aromatic heterocycles. The van der Waals surface area contributed by atoms with Crippen LogP contribution in [0.15, 0.2) is 121 Å². The minimum Gasteiger partial charge on any atom is -0.323 e. The predicted octanol–water partition coefficient (Wildman–Crippen LogP) is 19.4. The van der Waals surface area contributed by atoms with Crippen LogP contribution in [0.1, 0.15) is 142 Å². The zero-order valence-electron chi connectivity index (χ0n) is 40.9. The van der Waals surface area contributed by atoms with Crippen molar-refractivity contribution in [2.24, 2.45) is 0 Å². The summed E-state index contributed by atoms with van der Waals surface area (Å²) in [6.07, 6.45) is 26.5. The van der Waals surface area contributed by atoms with Crippen LogP contribution in [0.2, 0.25) is 0 Å². The Morgan fingerprint density at radius 3 is 0.941 bits per heavy atom. The molecule has 0 aliphatic heterocycles. The number of nitrogens with zero attached hydrogens (tertiary/aromatic N) is 4. The number of fused-ring (bicyclic) bond motifs is 6. The third-order valence-corrected chi connectivity index (χ3v) is 15.6. The summed E-state index contributed by atoms with van der Waals surface area (Å²) in [4.78, 5) is 11.3. The van der Waals surface area contributed by atoms with Gasteiger partial charge >= 0.3 is 0 Å². The molecule has 0 aliphatic rings. The lowest BCUT2D eigenvalue weighted by Gasteiger charge is -2.15. The zero-order valence-corrected chi connectivity index (χ0v) is 40.9. The van der Waals surface area contributed by atoms with Crippen LogP contribution in [-0.4, -0.2) is 19.1 Å². The number of aryl methyl sites for hydroxylation is 2. The van der Waals surface area contributed by atoms with Gasteiger partial charge in [-0.15, -0.1) is 0 Å². The number of rotatable bonds is 24. The first-order valence-corrected chi connectivity index (χ1v) is 27.0. The molecule has 0 radical (unpaired) electrons. The molecule has 0 atom stereocenters. The van der Waals surface area contributed by atoms with E-state index < -0.39 is 0 Å². The van der Waals surface area contributed by atoms with Crippen LogP contribution in [0.25, 0.3) is 109 Å². The number of imidazole rings is 2. The van der Waals surface area contributed by atoms with E-state index in [1.807, 2.05) is 0 Å². The second kappa shape index (κ2) is 20.3. The second-order valence-corrected chi connectivity index (χ2v) is 20.3. The van der Waals surface area contributed by atoms with Crippen molar-refractivity contribution in [1.82, 2.24) is 19.1 Å². The summed E-state index contributed by atoms with van der Waals surface area (Å²) < 4.78 is 5.17. The molecule has 68 heavy (non-hydrogen) atoms. The topological polar surface area (TPSA) is 35.6 Å². The summed E-state index contributed by atoms with van der Waals surface area (Å²) in [5.74, 6) is 2.14. The SMILES string of the molecule is CCCCCCCCCCCCn1c(-c2ccc(-c3nc4c5cccc6ccc7cccc(c7c65)c4n3CCCCCCCCCCCC)cc2)nc2c3cccc4ccc5cccc(c5c43)c21. The van der Waals surface area contributed by atoms with E-state index in [4.69, 9.17) is 9.97 Å². The van der Waals surface area contributed by atoms with Crippen LogP contribution in [-0.2, 0) is 13.1 Å². The van der Waals surface area contributed by atoms with E-state index in [9.17, 15) is 0 Å². The Bertz CT molecular complexity index is 3210. The van der Waals surface area contributed by atoms with E-state index in [-0.39, 0.29) is 0 Å². The van der Waals surface area contributed by atoms with Gasteiger partial charge in [0.05, 0.1) is 22.1 Å². The van der Waals surface area contributed by atoms with Gasteiger partial charge < -0.3 is 9.13 Å². The maximum absolute atomic E-state index is 5.67. The van der Waals surface area contributed by atoms with Gasteiger partial charge in [-0.05, 0) is 55.9 Å². The van der Waals surface area contributed by atoms with Crippen LogP contribution < -0.4 is 0 Å². The molecule has 0 unspecified atom stereocenters. The molecule has 0 N–H and O–H groups in total. The van der Waals surface area contributed by atoms with Crippen LogP contribution >= 0.6 is 0 Å². The molecule has 0 amide bonds. The number of aromatic nitrogens is 4. The monoisotopic (exact) mass is 895 g/mol. The molecule has 0 fully saturated rings. The van der Waals surface area contributed by atoms with Gasteiger partial charge in [0.2, 0.25) is 0 Å². The quantitative estimate of drug-likeness (QED) is 0.0447. The van der Waals surface area contributed by atoms with E-state index in [1.165, 1.54) is 191 Å². The average molecular weight is 895 g/mol. The highest BCUT2D eigenvalue weighted by Crippen LogP contribution is 2.44. The summed E-state index contributed by atoms with van der Waals surface area (Å²) in [5, 5.41) is 15.7. The highest BCUT2D eigenvalue weighted by molar-refractivity contribution is 6.34. The molecule has 0 bridgehead atoms. The Hall–Kier alpha value is -6.00. The summed E-state index contributed by atoms with van der Waals surface area (Å²) in [6.45, 7) is 6.52. The number of hydrogen-bond acceptors (Lipinski definition) is 2. The van der Waals surface area contributed by atoms with Crippen LogP contribution in [0.5, 0.6) is 0 Å². The van der Waals surface area contributed by atoms with E-state index in [2.05, 4.69) is 144 Å². The zero-order chi connectivity index (χ0) is 45.8. The fraction of sp³-hybridized carbons (Fsp3) is 0.375. The van der Waals surface area contributed by atoms with Crippen molar-refractivity contribution in [2.45, 2.75) is 155 Å². The highest BCUT2D eigenvalue weighted by atomic mass is 15.1. The minimum absolute atomic E-state index is 0.956. The maximum Gasteiger partial charge on any atom is 0.141 e. The van der Waals surface area contributed by atoms with Crippen molar-refractivity contribution in [3.05, 3.63) is 121 Å². The van der Waals surface area contributed by atoms with E-state index >= 15 is 0 Å². The van der Waals surface area contributed by atoms with Crippen LogP contribution in [0.4, 0.5) is 0 Å². The minimum atomic E-state index is 0.956. The summed E-state index contributed by atoms with van der Waals surface area (Å²) in [6, 6.07) is 45.8. The number of unbranched alkanes of at least 4 members (excludes halogenated alkanes) is 18. The van der Waals surface area contributed by atoms with Gasteiger partial charge in [0.15, 0.2) is 0 Å². The second-order valence-electron chi connectivity index (χ2n) is 20.3. The highest BCUT2D eigenvalue weighted by Gasteiger charge is 2.23. The van der Waals surface area contributed by atoms with Gasteiger partial charge in [-0.3, -0.25) is 0 Å². The van der Waals surface area contributed by atoms with E-state index in [1.54, 1.807) is 0 Å². The molecular formula is C64H70N4. The van der Waals surface area contributed by atoms with Gasteiger partial charge in [0, 0.05) is 45.8 Å². The van der Waals surface area contributed by atoms with Crippen molar-refractivity contribution in [3.8, 4) is 22.8 Å². The Morgan fingerprint density at radius 1 is 0.309 bits per heavy atom. The molecule has 9 aromatic carbocycles. The average Bonchev–Trinajstić information content (AvgIpc) is 3.96. The number of benzene rings is 9. The lowest BCUT2D eigenvalue weighted by molar-refractivity contribution is 0.539. The molecule has 2 heterocycles. The standard InChI is InChI=1S/C64H70N4/c1-3-5-7-9-11-13-15-17-19-21-43-67-61-53-33-25-29-47-37-35-45-27-23-31-51(55(45)57(47)53)59(61)65-63(67)49-39-41-50(42-40-49)64-66-60-52-32-24-28-46-36-38-48-30-26-34-54(58(48)56(46)52)62(60)68(64)44-22-20-18-16-14-12-10-8-6-4-2/h23-42H,3-22,43-44H2,1-2H3. The molecule has 0 saturated heterocycles. The van der Waals surface area contributed by atoms with Gasteiger partial charge in [-0.25, -0.2) is 9.97 Å². The molecule has 4 heteroatoms. The Labute approximate surface area is 403 Å². The van der Waals surface area contributed by atoms with Gasteiger partial charge in [-0.2, -0.15) is 0 Å². The molecule has 0 saturated carbocycles. The van der Waals surface area contributed by atoms with Crippen LogP contribution in [0, 0.1) is 0 Å². The largest absolute Gasteiger partial charge is 0.323 e. The normalized spacial score (nSPS) is 12.4. The van der Waals surface area contributed by atoms with Crippen molar-refractivity contribution in [1.29, 1.82) is 0 Å². The fourth-order valence-corrected chi connectivity index (χ4v) is 12.1. The Balaban J connectivity index is 0.962. The molecule has 346 valence electrons. The molecule has 0 aliphatic carbocycles. The summed E-state index contributed by atoms with van der Waals surface area (Å²) >= 11 is 0. The van der Waals surface area contributed by atoms with Crippen molar-refractivity contribution in [2.75, 3.05) is 0 Å². The third-order valence-electron chi connectivity index (χ3n) is 15.6. The first-order valence-electron chi connectivity index (χ1n) is 27.0. The van der Waals surface area contributed by atoms with Crippen molar-refractivity contribution >= 4 is 86.7 Å². The summed E-state index contributed by atoms with van der Waals surface area (Å²) in [5.41, 5.74) is 7.13. The lowest BCUT2D eigenvalue weighted by Crippen LogP contribution is -2.03. The maximum atomic E-state index is 5.67. The molecule has 0 spiro atoms. The summed E-state index contributed by atoms with van der Waals surface area (Å²) in [7, 11) is 0. The van der Waals surface area contributed by atoms with Gasteiger partial charge in [-0.1, -0.05) is 251 Å². The molecule has 11 rings (SSSR count). The Morgan fingerprint density at radius 2 is 0.603 bits per heavy atom. The first kappa shape index (κ1) is 44.5. The van der Waals surface area contributed by atoms with Crippen molar-refractivity contribution < 1.29 is 0 Å². The van der Waals surface area contributed by atoms with E-state index in [0.717, 1.165) is 59.7 Å². The van der Waals surface area contributed by atoms with Gasteiger partial charge in [0.25, 0.3) is 0 Å². The predicted molar refractivity (Wildman–Crippen MR) is 295 cm³/mol. The third kappa shape index (κ3) is 8.37. The smallest absolute Gasteiger partial charge is 0.141 e. The Kier molecular flexibility index (Phi) is 13.3. The molecule has 4 nitrogen and oxygen atoms in total. The van der Waals surface area contributed by atoms with E-state index in [0.29, 0.717) is 0 Å². The first-order chi connectivity index (χ1) is 33.7. The van der Waals surface area contributed by atoms with Crippen molar-refractivity contribution in [3.63, 3.8) is 0 Å². The molecule has 11 aromatic rings.